The first-order chi connectivity index (χ1) is 12.2. The molecule has 1 aromatic heterocycles. The van der Waals surface area contributed by atoms with E-state index >= 15 is 0 Å². The first kappa shape index (κ1) is 17.0. The Bertz CT molecular complexity index is 901. The van der Waals surface area contributed by atoms with Crippen molar-refractivity contribution in [3.8, 4) is 11.4 Å². The molecule has 0 radical (unpaired) electrons. The summed E-state index contributed by atoms with van der Waals surface area (Å²) in [6, 6.07) is 15.3. The number of carbonyl (C=O) groups is 1. The summed E-state index contributed by atoms with van der Waals surface area (Å²) in [5.41, 5.74) is 2.44. The van der Waals surface area contributed by atoms with E-state index in [2.05, 4.69) is 5.10 Å². The molecule has 0 fully saturated rings. The largest absolute Gasteiger partial charge is 0.496 e. The third-order valence-corrected chi connectivity index (χ3v) is 4.50. The first-order valence-electron chi connectivity index (χ1n) is 7.76. The Morgan fingerprint density at radius 3 is 2.72 bits per heavy atom. The number of nitrogens with zero attached hydrogens (tertiary/aromatic N) is 2. The predicted octanol–water partition coefficient (Wildman–Crippen LogP) is 4.50. The summed E-state index contributed by atoms with van der Waals surface area (Å²) < 4.78 is 7.11. The Morgan fingerprint density at radius 1 is 1.20 bits per heavy atom. The molecule has 0 unspecified atom stereocenters. The maximum atomic E-state index is 12.4. The molecule has 0 N–H and O–H groups in total. The van der Waals surface area contributed by atoms with E-state index in [1.54, 1.807) is 48.0 Å². The van der Waals surface area contributed by atoms with Gasteiger partial charge >= 0.3 is 0 Å². The van der Waals surface area contributed by atoms with Crippen molar-refractivity contribution in [3.63, 3.8) is 0 Å². The molecule has 0 amide bonds. The van der Waals surface area contributed by atoms with E-state index < -0.39 is 0 Å². The number of para-hydroxylation sites is 1. The maximum Gasteiger partial charge on any atom is 0.185 e. The minimum absolute atomic E-state index is 0.0709. The molecule has 25 heavy (non-hydrogen) atoms. The summed E-state index contributed by atoms with van der Waals surface area (Å²) in [7, 11) is 1.61. The zero-order chi connectivity index (χ0) is 17.6. The van der Waals surface area contributed by atoms with Crippen LogP contribution in [0.1, 0.15) is 15.9 Å². The van der Waals surface area contributed by atoms with Crippen LogP contribution in [0.2, 0.25) is 0 Å². The lowest BCUT2D eigenvalue weighted by Crippen LogP contribution is -1.96. The molecule has 3 aromatic rings. The van der Waals surface area contributed by atoms with Crippen LogP contribution in [0.4, 0.5) is 0 Å². The fourth-order valence-electron chi connectivity index (χ4n) is 2.40. The van der Waals surface area contributed by atoms with Gasteiger partial charge < -0.3 is 4.74 Å². The van der Waals surface area contributed by atoms with Crippen LogP contribution in [0, 0.1) is 0 Å². The number of benzene rings is 2. The third-order valence-electron chi connectivity index (χ3n) is 3.72. The molecule has 3 rings (SSSR count). The quantitative estimate of drug-likeness (QED) is 0.373. The van der Waals surface area contributed by atoms with Crippen LogP contribution < -0.4 is 4.74 Å². The zero-order valence-electron chi connectivity index (χ0n) is 14.0. The van der Waals surface area contributed by atoms with Gasteiger partial charge in [0.05, 0.1) is 19.0 Å². The summed E-state index contributed by atoms with van der Waals surface area (Å²) >= 11 is 1.59. The van der Waals surface area contributed by atoms with Gasteiger partial charge in [0, 0.05) is 22.2 Å². The molecule has 4 nitrogen and oxygen atoms in total. The normalized spacial score (nSPS) is 11.0. The van der Waals surface area contributed by atoms with Crippen LogP contribution in [-0.4, -0.2) is 28.9 Å². The highest BCUT2D eigenvalue weighted by Gasteiger charge is 2.08. The highest BCUT2D eigenvalue weighted by Crippen LogP contribution is 2.28. The lowest BCUT2D eigenvalue weighted by molar-refractivity contribution is 0.104. The Balaban J connectivity index is 1.76. The predicted molar refractivity (Wildman–Crippen MR) is 102 cm³/mol. The van der Waals surface area contributed by atoms with Crippen LogP contribution in [0.15, 0.2) is 71.9 Å². The second kappa shape index (κ2) is 7.85. The number of carbonyl (C=O) groups excluding carboxylic acids is 1. The Morgan fingerprint density at radius 2 is 2.00 bits per heavy atom. The number of thioether (sulfide) groups is 1. The van der Waals surface area contributed by atoms with Crippen LogP contribution in [0.5, 0.6) is 5.75 Å². The Labute approximate surface area is 151 Å². The summed E-state index contributed by atoms with van der Waals surface area (Å²) in [5.74, 6) is 0.641. The van der Waals surface area contributed by atoms with Gasteiger partial charge in [0.25, 0.3) is 0 Å². The lowest BCUT2D eigenvalue weighted by Gasteiger charge is -2.07. The molecule has 0 bridgehead atoms. The fourth-order valence-corrected chi connectivity index (χ4v) is 2.95. The molecule has 0 atom stereocenters. The van der Waals surface area contributed by atoms with E-state index in [0.717, 1.165) is 16.1 Å². The number of allylic oxidation sites excluding steroid dienone is 1. The molecule has 5 heteroatoms. The molecule has 0 spiro atoms. The number of aromatic nitrogens is 2. The molecule has 0 saturated carbocycles. The number of rotatable bonds is 6. The second-order valence-corrected chi connectivity index (χ2v) is 6.17. The average molecular weight is 350 g/mol. The number of hydrogen-bond donors (Lipinski definition) is 0. The van der Waals surface area contributed by atoms with E-state index in [0.29, 0.717) is 11.3 Å². The van der Waals surface area contributed by atoms with E-state index in [1.807, 2.05) is 54.9 Å². The second-order valence-electron chi connectivity index (χ2n) is 5.32. The number of hydrogen-bond acceptors (Lipinski definition) is 4. The zero-order valence-corrected chi connectivity index (χ0v) is 14.9. The van der Waals surface area contributed by atoms with Gasteiger partial charge in [0.15, 0.2) is 5.78 Å². The van der Waals surface area contributed by atoms with E-state index in [1.165, 1.54) is 0 Å². The number of methoxy groups -OCH3 is 1. The van der Waals surface area contributed by atoms with Crippen LogP contribution in [0.3, 0.4) is 0 Å². The molecule has 2 aromatic carbocycles. The van der Waals surface area contributed by atoms with Crippen LogP contribution in [-0.2, 0) is 0 Å². The van der Waals surface area contributed by atoms with Crippen LogP contribution >= 0.6 is 11.8 Å². The van der Waals surface area contributed by atoms with Crippen molar-refractivity contribution in [2.75, 3.05) is 13.4 Å². The first-order valence-corrected chi connectivity index (χ1v) is 8.98. The van der Waals surface area contributed by atoms with Gasteiger partial charge in [0.2, 0.25) is 0 Å². The lowest BCUT2D eigenvalue weighted by atomic mass is 10.1. The SMILES string of the molecule is COc1cc(C(=O)C=Cc2cnn(-c3ccccc3)c2)ccc1SC. The minimum Gasteiger partial charge on any atom is -0.496 e. The van der Waals surface area contributed by atoms with Gasteiger partial charge in [-0.3, -0.25) is 4.79 Å². The van der Waals surface area contributed by atoms with Gasteiger partial charge in [-0.1, -0.05) is 18.2 Å². The van der Waals surface area contributed by atoms with Crippen molar-refractivity contribution in [2.24, 2.45) is 0 Å². The summed E-state index contributed by atoms with van der Waals surface area (Å²) in [4.78, 5) is 13.4. The summed E-state index contributed by atoms with van der Waals surface area (Å²) in [6.45, 7) is 0. The molecule has 0 aliphatic carbocycles. The van der Waals surface area contributed by atoms with Crippen molar-refractivity contribution in [1.82, 2.24) is 9.78 Å². The Hall–Kier alpha value is -2.79. The van der Waals surface area contributed by atoms with Crippen molar-refractivity contribution in [2.45, 2.75) is 4.90 Å². The standard InChI is InChI=1S/C20H18N2O2S/c1-24-19-12-16(9-11-20(19)25-2)18(23)10-8-15-13-21-22(14-15)17-6-4-3-5-7-17/h3-14H,1-2H3. The third kappa shape index (κ3) is 4.00. The topological polar surface area (TPSA) is 44.1 Å². The summed E-state index contributed by atoms with van der Waals surface area (Å²) in [6.07, 6.45) is 8.91. The molecular formula is C20H18N2O2S. The molecular weight excluding hydrogens is 332 g/mol. The Kier molecular flexibility index (Phi) is 5.36. The smallest absolute Gasteiger partial charge is 0.185 e. The van der Waals surface area contributed by atoms with Crippen molar-refractivity contribution < 1.29 is 9.53 Å². The van der Waals surface area contributed by atoms with Gasteiger partial charge in [-0.05, 0) is 48.7 Å². The van der Waals surface area contributed by atoms with Crippen LogP contribution in [0.25, 0.3) is 11.8 Å². The van der Waals surface area contributed by atoms with E-state index in [4.69, 9.17) is 4.74 Å². The van der Waals surface area contributed by atoms with E-state index in [-0.39, 0.29) is 5.78 Å². The monoisotopic (exact) mass is 350 g/mol. The van der Waals surface area contributed by atoms with Gasteiger partial charge in [-0.15, -0.1) is 11.8 Å². The molecule has 126 valence electrons. The average Bonchev–Trinajstić information content (AvgIpc) is 3.15. The summed E-state index contributed by atoms with van der Waals surface area (Å²) in [5, 5.41) is 4.32. The maximum absolute atomic E-state index is 12.4. The van der Waals surface area contributed by atoms with Crippen molar-refractivity contribution in [3.05, 3.63) is 78.1 Å². The van der Waals surface area contributed by atoms with Gasteiger partial charge in [0.1, 0.15) is 5.75 Å². The van der Waals surface area contributed by atoms with E-state index in [9.17, 15) is 4.79 Å². The van der Waals surface area contributed by atoms with Gasteiger partial charge in [-0.25, -0.2) is 4.68 Å². The number of ether oxygens (including phenoxy) is 1. The fraction of sp³-hybridized carbons (Fsp3) is 0.100. The highest BCUT2D eigenvalue weighted by molar-refractivity contribution is 7.98. The van der Waals surface area contributed by atoms with Crippen molar-refractivity contribution in [1.29, 1.82) is 0 Å². The number of ketones is 1. The van der Waals surface area contributed by atoms with Crippen molar-refractivity contribution >= 4 is 23.6 Å². The highest BCUT2D eigenvalue weighted by atomic mass is 32.2. The van der Waals surface area contributed by atoms with Gasteiger partial charge in [-0.2, -0.15) is 5.10 Å². The molecule has 0 saturated heterocycles. The molecule has 0 aliphatic rings. The molecule has 0 aliphatic heterocycles. The minimum atomic E-state index is -0.0709. The molecule has 1 heterocycles.